The third kappa shape index (κ3) is 3.20. The van der Waals surface area contributed by atoms with Crippen molar-refractivity contribution in [3.8, 4) is 5.75 Å². The highest BCUT2D eigenvalue weighted by Crippen LogP contribution is 2.23. The van der Waals surface area contributed by atoms with Gasteiger partial charge in [0.1, 0.15) is 10.7 Å². The fourth-order valence-corrected chi connectivity index (χ4v) is 2.39. The highest BCUT2D eigenvalue weighted by Gasteiger charge is 2.15. The lowest BCUT2D eigenvalue weighted by atomic mass is 10.1. The highest BCUT2D eigenvalue weighted by molar-refractivity contribution is 7.80. The van der Waals surface area contributed by atoms with E-state index in [-0.39, 0.29) is 16.3 Å². The maximum absolute atomic E-state index is 12.3. The van der Waals surface area contributed by atoms with Crippen molar-refractivity contribution in [2.24, 2.45) is 5.73 Å². The summed E-state index contributed by atoms with van der Waals surface area (Å²) in [6.45, 7) is 3.72. The van der Waals surface area contributed by atoms with Gasteiger partial charge in [-0.2, -0.15) is 0 Å². The first-order valence-corrected chi connectivity index (χ1v) is 6.81. The number of phenols is 1. The van der Waals surface area contributed by atoms with Crippen LogP contribution in [0.2, 0.25) is 0 Å². The van der Waals surface area contributed by atoms with Gasteiger partial charge in [-0.15, -0.1) is 0 Å². The average Bonchev–Trinajstić information content (AvgIpc) is 2.41. The Bertz CT molecular complexity index is 726. The number of hydrogen-bond acceptors (Lipinski definition) is 3. The van der Waals surface area contributed by atoms with E-state index >= 15 is 0 Å². The van der Waals surface area contributed by atoms with Gasteiger partial charge in [0.05, 0.1) is 11.3 Å². The fraction of sp³-hybridized carbons (Fsp3) is 0.125. The first-order valence-electron chi connectivity index (χ1n) is 6.40. The molecule has 0 heterocycles. The number of rotatable bonds is 3. The van der Waals surface area contributed by atoms with Gasteiger partial charge in [-0.05, 0) is 37.6 Å². The van der Waals surface area contributed by atoms with E-state index in [4.69, 9.17) is 18.0 Å². The number of carbonyl (C=O) groups is 1. The van der Waals surface area contributed by atoms with Crippen LogP contribution in [0.4, 0.5) is 5.69 Å². The summed E-state index contributed by atoms with van der Waals surface area (Å²) in [5.41, 5.74) is 8.86. The molecule has 0 atom stereocenters. The molecule has 2 aromatic carbocycles. The summed E-state index contributed by atoms with van der Waals surface area (Å²) in [4.78, 5) is 12.5. The molecule has 0 saturated carbocycles. The predicted molar refractivity (Wildman–Crippen MR) is 87.9 cm³/mol. The third-order valence-electron chi connectivity index (χ3n) is 3.16. The van der Waals surface area contributed by atoms with E-state index in [0.717, 1.165) is 11.1 Å². The molecule has 0 spiro atoms. The smallest absolute Gasteiger partial charge is 0.259 e. The van der Waals surface area contributed by atoms with Crippen LogP contribution in [-0.2, 0) is 0 Å². The molecule has 1 amide bonds. The molecule has 0 aromatic heterocycles. The summed E-state index contributed by atoms with van der Waals surface area (Å²) in [6, 6.07) is 10.3. The molecule has 0 bridgehead atoms. The molecule has 2 rings (SSSR count). The molecular weight excluding hydrogens is 284 g/mol. The molecule has 0 aliphatic carbocycles. The van der Waals surface area contributed by atoms with Crippen LogP contribution in [0, 0.1) is 13.8 Å². The maximum atomic E-state index is 12.3. The van der Waals surface area contributed by atoms with Gasteiger partial charge in [0, 0.05) is 5.56 Å². The van der Waals surface area contributed by atoms with Crippen LogP contribution in [0.1, 0.15) is 27.0 Å². The van der Waals surface area contributed by atoms with E-state index in [0.29, 0.717) is 11.3 Å². The minimum Gasteiger partial charge on any atom is -0.507 e. The molecule has 4 N–H and O–H groups in total. The molecule has 5 heteroatoms. The average molecular weight is 300 g/mol. The van der Waals surface area contributed by atoms with E-state index in [1.165, 1.54) is 6.07 Å². The highest BCUT2D eigenvalue weighted by atomic mass is 32.1. The first kappa shape index (κ1) is 15.0. The van der Waals surface area contributed by atoms with Crippen LogP contribution in [0.3, 0.4) is 0 Å². The topological polar surface area (TPSA) is 75.3 Å². The van der Waals surface area contributed by atoms with Crippen LogP contribution < -0.4 is 11.1 Å². The molecule has 21 heavy (non-hydrogen) atoms. The number of aryl methyl sites for hydroxylation is 2. The van der Waals surface area contributed by atoms with Crippen molar-refractivity contribution in [3.63, 3.8) is 0 Å². The minimum absolute atomic E-state index is 0.0670. The summed E-state index contributed by atoms with van der Waals surface area (Å²) in [5.74, 6) is -0.470. The number of benzene rings is 2. The summed E-state index contributed by atoms with van der Waals surface area (Å²) < 4.78 is 0. The number of carbonyl (C=O) groups excluding carboxylic acids is 1. The van der Waals surface area contributed by atoms with Gasteiger partial charge in [-0.3, -0.25) is 4.79 Å². The second-order valence-electron chi connectivity index (χ2n) is 4.84. The van der Waals surface area contributed by atoms with Gasteiger partial charge in [-0.25, -0.2) is 0 Å². The molecule has 0 aliphatic rings. The lowest BCUT2D eigenvalue weighted by Crippen LogP contribution is -2.18. The molecule has 4 nitrogen and oxygen atoms in total. The van der Waals surface area contributed by atoms with Gasteiger partial charge in [0.2, 0.25) is 0 Å². The van der Waals surface area contributed by atoms with Gasteiger partial charge in [0.25, 0.3) is 5.91 Å². The van der Waals surface area contributed by atoms with Crippen molar-refractivity contribution in [1.29, 1.82) is 0 Å². The monoisotopic (exact) mass is 300 g/mol. The Morgan fingerprint density at radius 2 is 1.95 bits per heavy atom. The van der Waals surface area contributed by atoms with Gasteiger partial charge in [-0.1, -0.05) is 36.0 Å². The minimum atomic E-state index is -0.403. The van der Waals surface area contributed by atoms with Crippen LogP contribution in [0.25, 0.3) is 0 Å². The SMILES string of the molecule is Cc1ccc(O)c(C(=O)Nc2cccc(C)c2C(N)=S)c1. The van der Waals surface area contributed by atoms with Crippen LogP contribution in [-0.4, -0.2) is 16.0 Å². The maximum Gasteiger partial charge on any atom is 0.259 e. The Labute approximate surface area is 128 Å². The van der Waals surface area contributed by atoms with E-state index in [9.17, 15) is 9.90 Å². The van der Waals surface area contributed by atoms with Gasteiger partial charge >= 0.3 is 0 Å². The Balaban J connectivity index is 2.39. The summed E-state index contributed by atoms with van der Waals surface area (Å²) in [7, 11) is 0. The molecular formula is C16H16N2O2S. The number of phenolic OH excluding ortho intramolecular Hbond substituents is 1. The summed E-state index contributed by atoms with van der Waals surface area (Å²) in [5, 5.41) is 12.6. The van der Waals surface area contributed by atoms with E-state index in [1.807, 2.05) is 26.0 Å². The first-order chi connectivity index (χ1) is 9.90. The van der Waals surface area contributed by atoms with Crippen LogP contribution >= 0.6 is 12.2 Å². The number of anilines is 1. The van der Waals surface area contributed by atoms with E-state index in [1.54, 1.807) is 18.2 Å². The Morgan fingerprint density at radius 1 is 1.24 bits per heavy atom. The Hall–Kier alpha value is -2.40. The third-order valence-corrected chi connectivity index (χ3v) is 3.37. The zero-order valence-electron chi connectivity index (χ0n) is 11.8. The zero-order chi connectivity index (χ0) is 15.6. The molecule has 0 aliphatic heterocycles. The molecule has 0 fully saturated rings. The Morgan fingerprint density at radius 3 is 2.62 bits per heavy atom. The van der Waals surface area contributed by atoms with Crippen molar-refractivity contribution in [2.45, 2.75) is 13.8 Å². The predicted octanol–water partition coefficient (Wildman–Crippen LogP) is 2.90. The molecule has 0 radical (unpaired) electrons. The van der Waals surface area contributed by atoms with E-state index < -0.39 is 5.91 Å². The van der Waals surface area contributed by atoms with Crippen LogP contribution in [0.5, 0.6) is 5.75 Å². The lowest BCUT2D eigenvalue weighted by Gasteiger charge is -2.13. The van der Waals surface area contributed by atoms with Gasteiger partial charge < -0.3 is 16.2 Å². The van der Waals surface area contributed by atoms with Crippen molar-refractivity contribution in [3.05, 3.63) is 58.7 Å². The fourth-order valence-electron chi connectivity index (χ4n) is 2.12. The number of amides is 1. The second kappa shape index (κ2) is 5.93. The largest absolute Gasteiger partial charge is 0.507 e. The lowest BCUT2D eigenvalue weighted by molar-refractivity contribution is 0.102. The van der Waals surface area contributed by atoms with Gasteiger partial charge in [0.15, 0.2) is 0 Å². The van der Waals surface area contributed by atoms with E-state index in [2.05, 4.69) is 5.32 Å². The molecule has 0 saturated heterocycles. The molecule has 0 unspecified atom stereocenters. The summed E-state index contributed by atoms with van der Waals surface area (Å²) in [6.07, 6.45) is 0. The second-order valence-corrected chi connectivity index (χ2v) is 5.28. The quantitative estimate of drug-likeness (QED) is 0.762. The number of aromatic hydroxyl groups is 1. The normalized spacial score (nSPS) is 10.2. The number of nitrogens with two attached hydrogens (primary N) is 1. The van der Waals surface area contributed by atoms with Crippen molar-refractivity contribution < 1.29 is 9.90 Å². The van der Waals surface area contributed by atoms with Crippen LogP contribution in [0.15, 0.2) is 36.4 Å². The summed E-state index contributed by atoms with van der Waals surface area (Å²) >= 11 is 5.03. The number of nitrogens with one attached hydrogen (secondary N) is 1. The van der Waals surface area contributed by atoms with Crippen molar-refractivity contribution in [2.75, 3.05) is 5.32 Å². The molecule has 2 aromatic rings. The number of thiocarbonyl (C=S) groups is 1. The van der Waals surface area contributed by atoms with Crippen molar-refractivity contribution in [1.82, 2.24) is 0 Å². The standard InChI is InChI=1S/C16H16N2O2S/c1-9-6-7-13(19)11(8-9)16(20)18-12-5-3-4-10(2)14(12)15(17)21/h3-8,19H,1-2H3,(H2,17,21)(H,18,20). The van der Waals surface area contributed by atoms with Crippen molar-refractivity contribution >= 4 is 28.8 Å². The Kier molecular flexibility index (Phi) is 4.23. The molecule has 108 valence electrons. The zero-order valence-corrected chi connectivity index (χ0v) is 12.6. The number of hydrogen-bond donors (Lipinski definition) is 3.